The summed E-state index contributed by atoms with van der Waals surface area (Å²) in [5.41, 5.74) is 2.25. The molecule has 0 aliphatic heterocycles. The first kappa shape index (κ1) is 12.3. The summed E-state index contributed by atoms with van der Waals surface area (Å²) in [6, 6.07) is 8.30. The van der Waals surface area contributed by atoms with Crippen molar-refractivity contribution >= 4 is 15.9 Å². The van der Waals surface area contributed by atoms with Crippen molar-refractivity contribution in [3.05, 3.63) is 46.2 Å². The van der Waals surface area contributed by atoms with E-state index in [1.165, 1.54) is 5.56 Å². The summed E-state index contributed by atoms with van der Waals surface area (Å²) >= 11 is 3.59. The van der Waals surface area contributed by atoms with Crippen molar-refractivity contribution in [1.82, 2.24) is 20.3 Å². The first-order valence-corrected chi connectivity index (χ1v) is 6.35. The van der Waals surface area contributed by atoms with Gasteiger partial charge in [0.2, 0.25) is 0 Å². The molecule has 0 amide bonds. The summed E-state index contributed by atoms with van der Waals surface area (Å²) < 4.78 is 2.89. The van der Waals surface area contributed by atoms with Gasteiger partial charge in [0.05, 0.1) is 17.9 Å². The van der Waals surface area contributed by atoms with Gasteiger partial charge < -0.3 is 5.32 Å². The van der Waals surface area contributed by atoms with E-state index in [1.54, 1.807) is 10.9 Å². The van der Waals surface area contributed by atoms with Crippen LogP contribution in [-0.2, 0) is 7.05 Å². The van der Waals surface area contributed by atoms with E-state index in [0.717, 1.165) is 16.7 Å². The molecule has 1 unspecified atom stereocenters. The van der Waals surface area contributed by atoms with Gasteiger partial charge in [0, 0.05) is 11.5 Å². The molecule has 0 aliphatic rings. The van der Waals surface area contributed by atoms with Crippen LogP contribution in [0.5, 0.6) is 0 Å². The molecule has 0 bridgehead atoms. The van der Waals surface area contributed by atoms with Crippen molar-refractivity contribution in [3.8, 4) is 0 Å². The molecule has 1 atom stereocenters. The van der Waals surface area contributed by atoms with Gasteiger partial charge in [-0.3, -0.25) is 4.68 Å². The van der Waals surface area contributed by atoms with E-state index >= 15 is 0 Å². The molecule has 2 aromatic rings. The monoisotopic (exact) mass is 294 g/mol. The Morgan fingerprint density at radius 3 is 2.76 bits per heavy atom. The SMILES string of the molecule is CCNC(c1ccccc1Br)c1cnnn1C. The minimum absolute atomic E-state index is 0.107. The van der Waals surface area contributed by atoms with Crippen LogP contribution in [0.1, 0.15) is 24.2 Å². The zero-order valence-corrected chi connectivity index (χ0v) is 11.5. The number of hydrogen-bond donors (Lipinski definition) is 1. The molecular formula is C12H15BrN4. The van der Waals surface area contributed by atoms with Gasteiger partial charge in [0.1, 0.15) is 0 Å². The first-order valence-electron chi connectivity index (χ1n) is 5.56. The van der Waals surface area contributed by atoms with Crippen LogP contribution in [0.25, 0.3) is 0 Å². The second-order valence-corrected chi connectivity index (χ2v) is 4.65. The van der Waals surface area contributed by atoms with Gasteiger partial charge >= 0.3 is 0 Å². The lowest BCUT2D eigenvalue weighted by Crippen LogP contribution is -2.24. The maximum absolute atomic E-state index is 3.99. The standard InChI is InChI=1S/C12H15BrN4/c1-3-14-12(11-8-15-16-17(11)2)9-6-4-5-7-10(9)13/h4-8,12,14H,3H2,1-2H3. The maximum atomic E-state index is 3.99. The molecule has 1 N–H and O–H groups in total. The molecule has 0 saturated heterocycles. The van der Waals surface area contributed by atoms with Gasteiger partial charge in [-0.05, 0) is 18.2 Å². The second kappa shape index (κ2) is 5.42. The molecular weight excluding hydrogens is 280 g/mol. The molecule has 90 valence electrons. The van der Waals surface area contributed by atoms with Crippen LogP contribution >= 0.6 is 15.9 Å². The first-order chi connectivity index (χ1) is 8.24. The highest BCUT2D eigenvalue weighted by Gasteiger charge is 2.18. The van der Waals surface area contributed by atoms with Crippen LogP contribution in [-0.4, -0.2) is 21.5 Å². The normalized spacial score (nSPS) is 12.6. The minimum Gasteiger partial charge on any atom is -0.305 e. The lowest BCUT2D eigenvalue weighted by molar-refractivity contribution is 0.567. The molecule has 4 nitrogen and oxygen atoms in total. The summed E-state index contributed by atoms with van der Waals surface area (Å²) in [4.78, 5) is 0. The van der Waals surface area contributed by atoms with Crippen LogP contribution in [0.4, 0.5) is 0 Å². The van der Waals surface area contributed by atoms with Gasteiger partial charge in [0.25, 0.3) is 0 Å². The molecule has 0 aliphatic carbocycles. The number of hydrogen-bond acceptors (Lipinski definition) is 3. The number of rotatable bonds is 4. The molecule has 0 fully saturated rings. The lowest BCUT2D eigenvalue weighted by Gasteiger charge is -2.19. The molecule has 17 heavy (non-hydrogen) atoms. The Bertz CT molecular complexity index is 495. The molecule has 0 saturated carbocycles. The minimum atomic E-state index is 0.107. The number of aromatic nitrogens is 3. The van der Waals surface area contributed by atoms with Gasteiger partial charge in [0.15, 0.2) is 0 Å². The Labute approximate surface area is 109 Å². The van der Waals surface area contributed by atoms with Crippen molar-refractivity contribution in [2.75, 3.05) is 6.54 Å². The molecule has 1 aromatic heterocycles. The number of nitrogens with zero attached hydrogens (tertiary/aromatic N) is 3. The summed E-state index contributed by atoms with van der Waals surface area (Å²) in [5, 5.41) is 11.4. The van der Waals surface area contributed by atoms with E-state index in [4.69, 9.17) is 0 Å². The summed E-state index contributed by atoms with van der Waals surface area (Å²) in [5.74, 6) is 0. The fraction of sp³-hybridized carbons (Fsp3) is 0.333. The fourth-order valence-corrected chi connectivity index (χ4v) is 2.36. The smallest absolute Gasteiger partial charge is 0.0799 e. The van der Waals surface area contributed by atoms with Crippen LogP contribution in [0.2, 0.25) is 0 Å². The van der Waals surface area contributed by atoms with E-state index < -0.39 is 0 Å². The average Bonchev–Trinajstić information content (AvgIpc) is 2.74. The zero-order valence-electron chi connectivity index (χ0n) is 9.89. The van der Waals surface area contributed by atoms with Crippen LogP contribution < -0.4 is 5.32 Å². The summed E-state index contributed by atoms with van der Waals surface area (Å²) in [6.45, 7) is 2.98. The zero-order chi connectivity index (χ0) is 12.3. The number of aryl methyl sites for hydroxylation is 1. The van der Waals surface area contributed by atoms with E-state index in [1.807, 2.05) is 25.2 Å². The van der Waals surface area contributed by atoms with Crippen molar-refractivity contribution in [2.45, 2.75) is 13.0 Å². The Hall–Kier alpha value is -1.20. The predicted molar refractivity (Wildman–Crippen MR) is 70.7 cm³/mol. The van der Waals surface area contributed by atoms with Crippen molar-refractivity contribution in [1.29, 1.82) is 0 Å². The lowest BCUT2D eigenvalue weighted by atomic mass is 10.0. The number of benzene rings is 1. The van der Waals surface area contributed by atoms with Gasteiger partial charge in [-0.25, -0.2) is 0 Å². The highest BCUT2D eigenvalue weighted by Crippen LogP contribution is 2.27. The molecule has 0 radical (unpaired) electrons. The van der Waals surface area contributed by atoms with Gasteiger partial charge in [-0.2, -0.15) is 0 Å². The second-order valence-electron chi connectivity index (χ2n) is 3.79. The van der Waals surface area contributed by atoms with Gasteiger partial charge in [-0.1, -0.05) is 46.3 Å². The molecule has 0 spiro atoms. The summed E-state index contributed by atoms with van der Waals surface area (Å²) in [7, 11) is 1.91. The highest BCUT2D eigenvalue weighted by molar-refractivity contribution is 9.10. The van der Waals surface area contributed by atoms with Crippen LogP contribution in [0, 0.1) is 0 Å². The van der Waals surface area contributed by atoms with E-state index in [-0.39, 0.29) is 6.04 Å². The molecule has 1 aromatic carbocycles. The number of nitrogens with one attached hydrogen (secondary N) is 1. The van der Waals surface area contributed by atoms with E-state index in [0.29, 0.717) is 0 Å². The fourth-order valence-electron chi connectivity index (χ4n) is 1.85. The maximum Gasteiger partial charge on any atom is 0.0799 e. The highest BCUT2D eigenvalue weighted by atomic mass is 79.9. The Morgan fingerprint density at radius 1 is 1.41 bits per heavy atom. The average molecular weight is 295 g/mol. The predicted octanol–water partition coefficient (Wildman–Crippen LogP) is 2.28. The van der Waals surface area contributed by atoms with Gasteiger partial charge in [-0.15, -0.1) is 5.10 Å². The molecule has 2 rings (SSSR count). The van der Waals surface area contributed by atoms with E-state index in [2.05, 4.69) is 44.5 Å². The molecule has 1 heterocycles. The largest absolute Gasteiger partial charge is 0.305 e. The van der Waals surface area contributed by atoms with Crippen molar-refractivity contribution in [2.24, 2.45) is 7.05 Å². The van der Waals surface area contributed by atoms with Crippen molar-refractivity contribution < 1.29 is 0 Å². The summed E-state index contributed by atoms with van der Waals surface area (Å²) in [6.07, 6.45) is 1.80. The Morgan fingerprint density at radius 2 is 2.18 bits per heavy atom. The third-order valence-corrected chi connectivity index (χ3v) is 3.39. The topological polar surface area (TPSA) is 42.7 Å². The quantitative estimate of drug-likeness (QED) is 0.941. The molecule has 5 heteroatoms. The third kappa shape index (κ3) is 2.56. The Kier molecular flexibility index (Phi) is 3.91. The van der Waals surface area contributed by atoms with Crippen LogP contribution in [0.3, 0.4) is 0 Å². The third-order valence-electron chi connectivity index (χ3n) is 2.67. The number of halogens is 1. The van der Waals surface area contributed by atoms with E-state index in [9.17, 15) is 0 Å². The van der Waals surface area contributed by atoms with Crippen LogP contribution in [0.15, 0.2) is 34.9 Å². The van der Waals surface area contributed by atoms with Crippen molar-refractivity contribution in [3.63, 3.8) is 0 Å². The Balaban J connectivity index is 2.43.